The Morgan fingerprint density at radius 1 is 1.30 bits per heavy atom. The van der Waals surface area contributed by atoms with Crippen molar-refractivity contribution in [2.75, 3.05) is 26.8 Å². The molecule has 1 spiro atoms. The van der Waals surface area contributed by atoms with Gasteiger partial charge in [-0.3, -0.25) is 4.90 Å². The number of hydrogen-bond donors (Lipinski definition) is 0. The molecule has 6 heteroatoms. The summed E-state index contributed by atoms with van der Waals surface area (Å²) >= 11 is 1.86. The molecule has 0 aromatic carbocycles. The van der Waals surface area contributed by atoms with Gasteiger partial charge in [-0.15, -0.1) is 11.3 Å². The molecule has 2 aromatic rings. The van der Waals surface area contributed by atoms with Crippen LogP contribution in [0, 0.1) is 0 Å². The Morgan fingerprint density at radius 2 is 2.09 bits per heavy atom. The van der Waals surface area contributed by atoms with Crippen molar-refractivity contribution >= 4 is 11.3 Å². The Morgan fingerprint density at radius 3 is 2.83 bits per heavy atom. The summed E-state index contributed by atoms with van der Waals surface area (Å²) in [5, 5.41) is 2.21. The second kappa shape index (κ2) is 6.19. The van der Waals surface area contributed by atoms with Gasteiger partial charge >= 0.3 is 6.01 Å². The summed E-state index contributed by atoms with van der Waals surface area (Å²) in [5.41, 5.74) is 2.59. The Bertz CT molecular complexity index is 663. The first kappa shape index (κ1) is 15.1. The van der Waals surface area contributed by atoms with Crippen LogP contribution in [0.4, 0.5) is 0 Å². The summed E-state index contributed by atoms with van der Waals surface area (Å²) in [7, 11) is 1.59. The summed E-state index contributed by atoms with van der Waals surface area (Å²) in [6, 6.07) is 2.69. The van der Waals surface area contributed by atoms with Crippen molar-refractivity contribution in [3.63, 3.8) is 0 Å². The molecule has 0 aliphatic carbocycles. The molecule has 2 aliphatic heterocycles. The predicted octanol–water partition coefficient (Wildman–Crippen LogP) is 2.61. The van der Waals surface area contributed by atoms with Gasteiger partial charge in [-0.05, 0) is 36.3 Å². The number of fused-ring (bicyclic) bond motifs is 2. The molecule has 1 fully saturated rings. The van der Waals surface area contributed by atoms with E-state index in [1.165, 1.54) is 10.4 Å². The molecule has 2 aliphatic rings. The topological polar surface area (TPSA) is 47.5 Å². The lowest BCUT2D eigenvalue weighted by molar-refractivity contribution is -0.0960. The van der Waals surface area contributed by atoms with Gasteiger partial charge in [0.15, 0.2) is 0 Å². The molecule has 23 heavy (non-hydrogen) atoms. The van der Waals surface area contributed by atoms with Gasteiger partial charge in [-0.1, -0.05) is 0 Å². The van der Waals surface area contributed by atoms with Gasteiger partial charge in [0, 0.05) is 42.5 Å². The van der Waals surface area contributed by atoms with Gasteiger partial charge in [0.2, 0.25) is 0 Å². The zero-order valence-corrected chi connectivity index (χ0v) is 14.1. The number of methoxy groups -OCH3 is 1. The maximum atomic E-state index is 6.26. The highest BCUT2D eigenvalue weighted by Gasteiger charge is 2.41. The second-order valence-electron chi connectivity index (χ2n) is 6.22. The first-order valence-corrected chi connectivity index (χ1v) is 8.95. The van der Waals surface area contributed by atoms with Gasteiger partial charge in [0.25, 0.3) is 0 Å². The van der Waals surface area contributed by atoms with Crippen LogP contribution in [0.2, 0.25) is 0 Å². The van der Waals surface area contributed by atoms with Crippen LogP contribution in [0.3, 0.4) is 0 Å². The third kappa shape index (κ3) is 2.86. The molecule has 0 N–H and O–H groups in total. The fourth-order valence-electron chi connectivity index (χ4n) is 3.59. The van der Waals surface area contributed by atoms with Gasteiger partial charge in [0.1, 0.15) is 5.60 Å². The maximum absolute atomic E-state index is 6.26. The number of likely N-dealkylation sites (tertiary alicyclic amines) is 1. The maximum Gasteiger partial charge on any atom is 0.316 e. The van der Waals surface area contributed by atoms with Gasteiger partial charge in [0.05, 0.1) is 13.7 Å². The summed E-state index contributed by atoms with van der Waals surface area (Å²) in [5.74, 6) is 0. The van der Waals surface area contributed by atoms with Crippen molar-refractivity contribution < 1.29 is 9.47 Å². The average Bonchev–Trinajstić information content (AvgIpc) is 3.08. The lowest BCUT2D eigenvalue weighted by Gasteiger charge is -2.43. The molecule has 4 heterocycles. The van der Waals surface area contributed by atoms with Crippen molar-refractivity contribution in [2.45, 2.75) is 31.4 Å². The summed E-state index contributed by atoms with van der Waals surface area (Å²) < 4.78 is 11.3. The van der Waals surface area contributed by atoms with Crippen LogP contribution >= 0.6 is 11.3 Å². The van der Waals surface area contributed by atoms with Crippen molar-refractivity contribution in [3.05, 3.63) is 39.8 Å². The Hall–Kier alpha value is -1.50. The summed E-state index contributed by atoms with van der Waals surface area (Å²) in [6.07, 6.45) is 6.90. The fraction of sp³-hybridized carbons (Fsp3) is 0.529. The molecule has 2 aromatic heterocycles. The Balaban J connectivity index is 1.41. The zero-order valence-electron chi connectivity index (χ0n) is 13.3. The predicted molar refractivity (Wildman–Crippen MR) is 88.7 cm³/mol. The number of rotatable bonds is 3. The highest BCUT2D eigenvalue weighted by Crippen LogP contribution is 2.44. The minimum atomic E-state index is -0.0331. The van der Waals surface area contributed by atoms with E-state index in [0.29, 0.717) is 6.01 Å². The first-order chi connectivity index (χ1) is 11.3. The monoisotopic (exact) mass is 331 g/mol. The highest BCUT2D eigenvalue weighted by atomic mass is 32.1. The standard InChI is InChI=1S/C17H21N3O2S/c1-21-16-18-10-13(11-19-16)12-20-6-4-17(5-7-20)15-14(2-8-22-17)3-9-23-15/h3,9-11H,2,4-8,12H2,1H3. The van der Waals surface area contributed by atoms with E-state index in [1.807, 2.05) is 23.7 Å². The van der Waals surface area contributed by atoms with E-state index in [9.17, 15) is 0 Å². The zero-order chi connectivity index (χ0) is 15.7. The van der Waals surface area contributed by atoms with Crippen LogP contribution < -0.4 is 4.74 Å². The van der Waals surface area contributed by atoms with Crippen LogP contribution in [0.15, 0.2) is 23.8 Å². The number of ether oxygens (including phenoxy) is 2. The smallest absolute Gasteiger partial charge is 0.316 e. The summed E-state index contributed by atoms with van der Waals surface area (Å²) in [4.78, 5) is 12.3. The Kier molecular flexibility index (Phi) is 4.05. The SMILES string of the molecule is COc1ncc(CN2CCC3(CC2)OCCc2ccsc23)cn1. The van der Waals surface area contributed by atoms with E-state index < -0.39 is 0 Å². The van der Waals surface area contributed by atoms with Crippen LogP contribution in [-0.2, 0) is 23.3 Å². The Labute approximate surface area is 140 Å². The highest BCUT2D eigenvalue weighted by molar-refractivity contribution is 7.10. The molecule has 0 unspecified atom stereocenters. The van der Waals surface area contributed by atoms with Crippen LogP contribution in [-0.4, -0.2) is 41.7 Å². The van der Waals surface area contributed by atoms with Gasteiger partial charge in [-0.25, -0.2) is 9.97 Å². The molecule has 0 amide bonds. The van der Waals surface area contributed by atoms with E-state index >= 15 is 0 Å². The van der Waals surface area contributed by atoms with E-state index in [2.05, 4.69) is 26.3 Å². The number of aromatic nitrogens is 2. The lowest BCUT2D eigenvalue weighted by atomic mass is 9.85. The molecule has 0 radical (unpaired) electrons. The average molecular weight is 331 g/mol. The van der Waals surface area contributed by atoms with Crippen molar-refractivity contribution in [2.24, 2.45) is 0 Å². The fourth-order valence-corrected chi connectivity index (χ4v) is 4.75. The molecule has 5 nitrogen and oxygen atoms in total. The molecular formula is C17H21N3O2S. The second-order valence-corrected chi connectivity index (χ2v) is 7.14. The van der Waals surface area contributed by atoms with Gasteiger partial charge < -0.3 is 9.47 Å². The van der Waals surface area contributed by atoms with Crippen molar-refractivity contribution in [1.82, 2.24) is 14.9 Å². The molecule has 122 valence electrons. The number of piperidine rings is 1. The third-order valence-corrected chi connectivity index (χ3v) is 5.99. The van der Waals surface area contributed by atoms with Crippen LogP contribution in [0.5, 0.6) is 6.01 Å². The molecular weight excluding hydrogens is 310 g/mol. The molecule has 0 saturated carbocycles. The van der Waals surface area contributed by atoms with E-state index in [-0.39, 0.29) is 5.60 Å². The first-order valence-electron chi connectivity index (χ1n) is 8.07. The molecule has 4 rings (SSSR count). The normalized spacial score (nSPS) is 20.4. The van der Waals surface area contributed by atoms with Crippen LogP contribution in [0.1, 0.15) is 28.8 Å². The molecule has 0 atom stereocenters. The van der Waals surface area contributed by atoms with Crippen LogP contribution in [0.25, 0.3) is 0 Å². The molecule has 1 saturated heterocycles. The minimum Gasteiger partial charge on any atom is -0.467 e. The molecule has 0 bridgehead atoms. The van der Waals surface area contributed by atoms with Gasteiger partial charge in [-0.2, -0.15) is 0 Å². The van der Waals surface area contributed by atoms with E-state index in [0.717, 1.165) is 51.1 Å². The van der Waals surface area contributed by atoms with Crippen molar-refractivity contribution in [1.29, 1.82) is 0 Å². The van der Waals surface area contributed by atoms with E-state index in [1.54, 1.807) is 7.11 Å². The number of thiophene rings is 1. The number of nitrogens with zero attached hydrogens (tertiary/aromatic N) is 3. The minimum absolute atomic E-state index is 0.0331. The largest absolute Gasteiger partial charge is 0.467 e. The lowest BCUT2D eigenvalue weighted by Crippen LogP contribution is -2.45. The van der Waals surface area contributed by atoms with Crippen molar-refractivity contribution in [3.8, 4) is 6.01 Å². The third-order valence-electron chi connectivity index (χ3n) is 4.84. The quantitative estimate of drug-likeness (QED) is 0.865. The number of hydrogen-bond acceptors (Lipinski definition) is 6. The summed E-state index contributed by atoms with van der Waals surface area (Å²) in [6.45, 7) is 3.83. The van der Waals surface area contributed by atoms with E-state index in [4.69, 9.17) is 9.47 Å².